The first-order valence-electron chi connectivity index (χ1n) is 7.86. The van der Waals surface area contributed by atoms with E-state index in [0.717, 1.165) is 12.1 Å². The molecule has 0 bridgehead atoms. The van der Waals surface area contributed by atoms with Crippen molar-refractivity contribution >= 4 is 15.9 Å². The van der Waals surface area contributed by atoms with Crippen molar-refractivity contribution in [2.75, 3.05) is 13.1 Å². The summed E-state index contributed by atoms with van der Waals surface area (Å²) in [5, 5.41) is 4.11. The first-order valence-corrected chi connectivity index (χ1v) is 9.34. The summed E-state index contributed by atoms with van der Waals surface area (Å²) >= 11 is 0. The van der Waals surface area contributed by atoms with Gasteiger partial charge in [-0.3, -0.25) is 4.79 Å². The average Bonchev–Trinajstić information content (AvgIpc) is 3.18. The Morgan fingerprint density at radius 1 is 1.29 bits per heavy atom. The second-order valence-electron chi connectivity index (χ2n) is 5.92. The molecular weight excluding hydrogens is 328 g/mol. The monoisotopic (exact) mass is 348 g/mol. The van der Waals surface area contributed by atoms with Crippen molar-refractivity contribution in [1.29, 1.82) is 0 Å². The molecule has 3 rings (SSSR count). The molecule has 1 saturated heterocycles. The van der Waals surface area contributed by atoms with Gasteiger partial charge in [-0.25, -0.2) is 17.8 Å². The van der Waals surface area contributed by atoms with Crippen LogP contribution in [0, 0.1) is 0 Å². The minimum atomic E-state index is -3.68. The maximum atomic E-state index is 12.5. The van der Waals surface area contributed by atoms with Crippen LogP contribution in [0.4, 0.5) is 0 Å². The molecule has 1 atom stereocenters. The van der Waals surface area contributed by atoms with Gasteiger partial charge in [0.1, 0.15) is 4.90 Å². The molecule has 128 valence electrons. The predicted octanol–water partition coefficient (Wildman–Crippen LogP) is 1.16. The van der Waals surface area contributed by atoms with Crippen LogP contribution in [0.15, 0.2) is 47.6 Å². The number of carbonyl (C=O) groups is 1. The van der Waals surface area contributed by atoms with Gasteiger partial charge in [-0.2, -0.15) is 5.10 Å². The van der Waals surface area contributed by atoms with Crippen molar-refractivity contribution in [3.63, 3.8) is 0 Å². The third kappa shape index (κ3) is 3.65. The highest BCUT2D eigenvalue weighted by Gasteiger charge is 2.25. The predicted molar refractivity (Wildman–Crippen MR) is 89.2 cm³/mol. The van der Waals surface area contributed by atoms with Crippen molar-refractivity contribution in [3.8, 4) is 5.69 Å². The number of para-hydroxylation sites is 1. The lowest BCUT2D eigenvalue weighted by molar-refractivity contribution is -0.127. The first kappa shape index (κ1) is 16.7. The van der Waals surface area contributed by atoms with Crippen LogP contribution < -0.4 is 4.72 Å². The van der Waals surface area contributed by atoms with Crippen LogP contribution in [-0.2, 0) is 14.8 Å². The largest absolute Gasteiger partial charge is 0.341 e. The van der Waals surface area contributed by atoms with E-state index in [0.29, 0.717) is 19.5 Å². The second kappa shape index (κ2) is 6.74. The molecule has 1 N–H and O–H groups in total. The zero-order chi connectivity index (χ0) is 17.2. The topological polar surface area (TPSA) is 84.3 Å². The lowest BCUT2D eigenvalue weighted by Crippen LogP contribution is -2.42. The summed E-state index contributed by atoms with van der Waals surface area (Å²) in [4.78, 5) is 13.4. The molecule has 7 nitrogen and oxygen atoms in total. The highest BCUT2D eigenvalue weighted by atomic mass is 32.2. The molecule has 1 aliphatic heterocycles. The van der Waals surface area contributed by atoms with Crippen LogP contribution in [0.5, 0.6) is 0 Å². The lowest BCUT2D eigenvalue weighted by Gasteiger charge is -2.21. The zero-order valence-corrected chi connectivity index (χ0v) is 14.2. The molecule has 1 amide bonds. The third-order valence-corrected chi connectivity index (χ3v) is 5.46. The van der Waals surface area contributed by atoms with Gasteiger partial charge in [0.15, 0.2) is 0 Å². The molecule has 1 aromatic heterocycles. The summed E-state index contributed by atoms with van der Waals surface area (Å²) in [6.45, 7) is 2.83. The third-order valence-electron chi connectivity index (χ3n) is 3.91. The maximum Gasteiger partial charge on any atom is 0.244 e. The second-order valence-corrected chi connectivity index (χ2v) is 7.64. The summed E-state index contributed by atoms with van der Waals surface area (Å²) < 4.78 is 29.1. The number of benzene rings is 1. The molecule has 0 spiro atoms. The van der Waals surface area contributed by atoms with Crippen LogP contribution in [0.25, 0.3) is 5.69 Å². The van der Waals surface area contributed by atoms with Gasteiger partial charge in [0.2, 0.25) is 15.9 Å². The van der Waals surface area contributed by atoms with E-state index in [-0.39, 0.29) is 16.8 Å². The van der Waals surface area contributed by atoms with E-state index in [1.54, 1.807) is 11.8 Å². The summed E-state index contributed by atoms with van der Waals surface area (Å²) in [7, 11) is -3.68. The number of nitrogens with one attached hydrogen (secondary N) is 1. The molecule has 0 aliphatic carbocycles. The Balaban J connectivity index is 1.69. The minimum Gasteiger partial charge on any atom is -0.341 e. The highest BCUT2D eigenvalue weighted by Crippen LogP contribution is 2.14. The van der Waals surface area contributed by atoms with Crippen LogP contribution in [0.2, 0.25) is 0 Å². The number of sulfonamides is 1. The molecule has 0 radical (unpaired) electrons. The quantitative estimate of drug-likeness (QED) is 0.849. The Kier molecular flexibility index (Phi) is 4.68. The number of aromatic nitrogens is 2. The van der Waals surface area contributed by atoms with Gasteiger partial charge in [-0.15, -0.1) is 0 Å². The van der Waals surface area contributed by atoms with E-state index in [1.807, 2.05) is 30.3 Å². The number of nitrogens with zero attached hydrogens (tertiary/aromatic N) is 3. The Hall–Kier alpha value is -2.19. The van der Waals surface area contributed by atoms with Crippen LogP contribution in [0.1, 0.15) is 19.8 Å². The molecule has 0 saturated carbocycles. The Labute approximate surface area is 141 Å². The van der Waals surface area contributed by atoms with Gasteiger partial charge in [0.05, 0.1) is 18.1 Å². The van der Waals surface area contributed by atoms with E-state index < -0.39 is 10.0 Å². The Bertz CT molecular complexity index is 817. The van der Waals surface area contributed by atoms with E-state index >= 15 is 0 Å². The molecule has 1 aromatic carbocycles. The molecule has 8 heteroatoms. The SMILES string of the molecule is CC(CN1CCCC1=O)NS(=O)(=O)c1cnn(-c2ccccc2)c1. The molecule has 1 aliphatic rings. The van der Waals surface area contributed by atoms with Gasteiger partial charge >= 0.3 is 0 Å². The smallest absolute Gasteiger partial charge is 0.244 e. The zero-order valence-electron chi connectivity index (χ0n) is 13.4. The lowest BCUT2D eigenvalue weighted by atomic mass is 10.3. The van der Waals surface area contributed by atoms with Gasteiger partial charge in [0.25, 0.3) is 0 Å². The van der Waals surface area contributed by atoms with Crippen LogP contribution in [-0.4, -0.2) is 48.1 Å². The van der Waals surface area contributed by atoms with E-state index in [4.69, 9.17) is 0 Å². The summed E-state index contributed by atoms with van der Waals surface area (Å²) in [6.07, 6.45) is 4.18. The standard InChI is InChI=1S/C16H20N4O3S/c1-13(11-19-9-5-8-16(19)21)18-24(22,23)15-10-17-20(12-15)14-6-3-2-4-7-14/h2-4,6-7,10,12-13,18H,5,8-9,11H2,1H3. The highest BCUT2D eigenvalue weighted by molar-refractivity contribution is 7.89. The van der Waals surface area contributed by atoms with Gasteiger partial charge in [-0.05, 0) is 25.5 Å². The van der Waals surface area contributed by atoms with E-state index in [9.17, 15) is 13.2 Å². The number of hydrogen-bond acceptors (Lipinski definition) is 4. The molecule has 2 heterocycles. The number of hydrogen-bond donors (Lipinski definition) is 1. The van der Waals surface area contributed by atoms with Gasteiger partial charge in [-0.1, -0.05) is 18.2 Å². The van der Waals surface area contributed by atoms with Crippen molar-refractivity contribution in [1.82, 2.24) is 19.4 Å². The van der Waals surface area contributed by atoms with Crippen molar-refractivity contribution in [3.05, 3.63) is 42.7 Å². The van der Waals surface area contributed by atoms with Gasteiger partial charge in [0, 0.05) is 25.6 Å². The number of likely N-dealkylation sites (tertiary alicyclic amines) is 1. The fraction of sp³-hybridized carbons (Fsp3) is 0.375. The first-order chi connectivity index (χ1) is 11.5. The molecule has 1 fully saturated rings. The molecule has 24 heavy (non-hydrogen) atoms. The Morgan fingerprint density at radius 3 is 2.71 bits per heavy atom. The minimum absolute atomic E-state index is 0.0814. The Morgan fingerprint density at radius 2 is 2.04 bits per heavy atom. The summed E-state index contributed by atoms with van der Waals surface area (Å²) in [6, 6.07) is 8.93. The molecule has 1 unspecified atom stereocenters. The molecule has 2 aromatic rings. The average molecular weight is 348 g/mol. The number of amides is 1. The number of carbonyl (C=O) groups excluding carboxylic acids is 1. The van der Waals surface area contributed by atoms with Crippen molar-refractivity contribution in [2.24, 2.45) is 0 Å². The summed E-state index contributed by atoms with van der Waals surface area (Å²) in [5.74, 6) is 0.0814. The van der Waals surface area contributed by atoms with E-state index in [1.165, 1.54) is 17.1 Å². The normalized spacial score (nSPS) is 16.5. The van der Waals surface area contributed by atoms with E-state index in [2.05, 4.69) is 9.82 Å². The molecular formula is C16H20N4O3S. The van der Waals surface area contributed by atoms with Crippen molar-refractivity contribution in [2.45, 2.75) is 30.7 Å². The number of rotatable bonds is 6. The van der Waals surface area contributed by atoms with Crippen LogP contribution in [0.3, 0.4) is 0 Å². The van der Waals surface area contributed by atoms with Crippen LogP contribution >= 0.6 is 0 Å². The fourth-order valence-corrected chi connectivity index (χ4v) is 3.93. The maximum absolute atomic E-state index is 12.5. The van der Waals surface area contributed by atoms with Gasteiger partial charge < -0.3 is 4.90 Å². The fourth-order valence-electron chi connectivity index (χ4n) is 2.76. The summed E-state index contributed by atoms with van der Waals surface area (Å²) in [5.41, 5.74) is 0.787. The van der Waals surface area contributed by atoms with Crippen molar-refractivity contribution < 1.29 is 13.2 Å².